The molecule has 140 valence electrons. The smallest absolute Gasteiger partial charge is 0.225 e. The highest BCUT2D eigenvalue weighted by Gasteiger charge is 2.20. The van der Waals surface area contributed by atoms with Crippen LogP contribution in [0.2, 0.25) is 0 Å². The van der Waals surface area contributed by atoms with Gasteiger partial charge in [-0.25, -0.2) is 19.6 Å². The van der Waals surface area contributed by atoms with Gasteiger partial charge in [-0.05, 0) is 50.5 Å². The molecule has 0 aliphatic carbocycles. The quantitative estimate of drug-likeness (QED) is 0.751. The third-order valence-corrected chi connectivity index (χ3v) is 4.96. The first-order valence-corrected chi connectivity index (χ1v) is 9.42. The third kappa shape index (κ3) is 4.31. The van der Waals surface area contributed by atoms with Crippen molar-refractivity contribution < 1.29 is 0 Å². The van der Waals surface area contributed by atoms with E-state index in [2.05, 4.69) is 54.5 Å². The molecule has 7 nitrogen and oxygen atoms in total. The molecule has 1 aliphatic heterocycles. The fourth-order valence-electron chi connectivity index (χ4n) is 3.50. The SMILES string of the molecule is Cc1cc(C)nc(N2CCC(NCc3ccc(-n4cncn4)cc3)CC2)n1. The zero-order valence-corrected chi connectivity index (χ0v) is 15.8. The first-order valence-electron chi connectivity index (χ1n) is 9.42. The molecule has 27 heavy (non-hydrogen) atoms. The number of benzene rings is 1. The lowest BCUT2D eigenvalue weighted by Gasteiger charge is -2.32. The van der Waals surface area contributed by atoms with E-state index in [0.717, 1.165) is 55.5 Å². The van der Waals surface area contributed by atoms with Gasteiger partial charge in [-0.2, -0.15) is 5.10 Å². The lowest BCUT2D eigenvalue weighted by molar-refractivity contribution is 0.411. The number of rotatable bonds is 5. The minimum Gasteiger partial charge on any atom is -0.341 e. The highest BCUT2D eigenvalue weighted by Crippen LogP contribution is 2.18. The van der Waals surface area contributed by atoms with Gasteiger partial charge >= 0.3 is 0 Å². The van der Waals surface area contributed by atoms with Crippen molar-refractivity contribution in [3.05, 3.63) is 59.9 Å². The second kappa shape index (κ2) is 7.84. The summed E-state index contributed by atoms with van der Waals surface area (Å²) in [6.07, 6.45) is 5.46. The average Bonchev–Trinajstić information content (AvgIpc) is 3.21. The van der Waals surface area contributed by atoms with Crippen molar-refractivity contribution in [2.24, 2.45) is 0 Å². The Labute approximate surface area is 159 Å². The molecule has 1 fully saturated rings. The second-order valence-electron chi connectivity index (χ2n) is 7.10. The number of hydrogen-bond acceptors (Lipinski definition) is 6. The number of nitrogens with zero attached hydrogens (tertiary/aromatic N) is 6. The van der Waals surface area contributed by atoms with E-state index < -0.39 is 0 Å². The van der Waals surface area contributed by atoms with Gasteiger partial charge in [0.05, 0.1) is 5.69 Å². The molecule has 0 atom stereocenters. The van der Waals surface area contributed by atoms with Crippen molar-refractivity contribution in [2.45, 2.75) is 39.3 Å². The predicted molar refractivity (Wildman–Crippen MR) is 105 cm³/mol. The van der Waals surface area contributed by atoms with E-state index in [-0.39, 0.29) is 0 Å². The zero-order chi connectivity index (χ0) is 18.6. The molecule has 0 unspecified atom stereocenters. The lowest BCUT2D eigenvalue weighted by atomic mass is 10.0. The number of nitrogens with one attached hydrogen (secondary N) is 1. The summed E-state index contributed by atoms with van der Waals surface area (Å²) >= 11 is 0. The molecule has 0 spiro atoms. The van der Waals surface area contributed by atoms with E-state index in [0.29, 0.717) is 6.04 Å². The minimum absolute atomic E-state index is 0.530. The number of piperidine rings is 1. The number of aryl methyl sites for hydroxylation is 2. The molecule has 4 rings (SSSR count). The largest absolute Gasteiger partial charge is 0.341 e. The third-order valence-electron chi connectivity index (χ3n) is 4.96. The Kier molecular flexibility index (Phi) is 5.11. The summed E-state index contributed by atoms with van der Waals surface area (Å²) in [5, 5.41) is 7.84. The lowest BCUT2D eigenvalue weighted by Crippen LogP contribution is -2.43. The van der Waals surface area contributed by atoms with Crippen LogP contribution in [-0.2, 0) is 6.54 Å². The van der Waals surface area contributed by atoms with Crippen LogP contribution in [0.5, 0.6) is 0 Å². The number of hydrogen-bond donors (Lipinski definition) is 1. The summed E-state index contributed by atoms with van der Waals surface area (Å²) in [6.45, 7) is 6.92. The van der Waals surface area contributed by atoms with Gasteiger partial charge < -0.3 is 10.2 Å². The van der Waals surface area contributed by atoms with Gasteiger partial charge in [0.2, 0.25) is 5.95 Å². The van der Waals surface area contributed by atoms with E-state index in [1.165, 1.54) is 5.56 Å². The fraction of sp³-hybridized carbons (Fsp3) is 0.400. The van der Waals surface area contributed by atoms with Gasteiger partial charge in [-0.3, -0.25) is 0 Å². The maximum Gasteiger partial charge on any atom is 0.225 e. The Bertz CT molecular complexity index is 846. The van der Waals surface area contributed by atoms with Crippen LogP contribution >= 0.6 is 0 Å². The van der Waals surface area contributed by atoms with E-state index in [1.54, 1.807) is 17.3 Å². The summed E-state index contributed by atoms with van der Waals surface area (Å²) in [5.74, 6) is 0.870. The van der Waals surface area contributed by atoms with Crippen LogP contribution in [0.4, 0.5) is 5.95 Å². The molecule has 0 saturated carbocycles. The zero-order valence-electron chi connectivity index (χ0n) is 15.8. The molecule has 1 saturated heterocycles. The number of anilines is 1. The van der Waals surface area contributed by atoms with Crippen molar-refractivity contribution >= 4 is 5.95 Å². The number of aromatic nitrogens is 5. The monoisotopic (exact) mass is 363 g/mol. The highest BCUT2D eigenvalue weighted by atomic mass is 15.3. The molecule has 0 bridgehead atoms. The summed E-state index contributed by atoms with van der Waals surface area (Å²) in [4.78, 5) is 15.5. The Morgan fingerprint density at radius 1 is 1.04 bits per heavy atom. The molecule has 7 heteroatoms. The van der Waals surface area contributed by atoms with Gasteiger partial charge in [-0.15, -0.1) is 0 Å². The van der Waals surface area contributed by atoms with Crippen molar-refractivity contribution in [1.82, 2.24) is 30.0 Å². The Balaban J connectivity index is 1.28. The topological polar surface area (TPSA) is 71.8 Å². The Morgan fingerprint density at radius 2 is 1.74 bits per heavy atom. The molecule has 2 aromatic heterocycles. The summed E-state index contributed by atoms with van der Waals surface area (Å²) in [6, 6.07) is 11.0. The van der Waals surface area contributed by atoms with Crippen LogP contribution in [0.25, 0.3) is 5.69 Å². The van der Waals surface area contributed by atoms with Gasteiger partial charge in [0, 0.05) is 37.1 Å². The summed E-state index contributed by atoms with van der Waals surface area (Å²) in [7, 11) is 0. The molecule has 1 N–H and O–H groups in total. The van der Waals surface area contributed by atoms with Gasteiger partial charge in [0.15, 0.2) is 0 Å². The summed E-state index contributed by atoms with van der Waals surface area (Å²) < 4.78 is 1.77. The van der Waals surface area contributed by atoms with Crippen LogP contribution in [0, 0.1) is 13.8 Å². The van der Waals surface area contributed by atoms with Crippen molar-refractivity contribution in [1.29, 1.82) is 0 Å². The van der Waals surface area contributed by atoms with Crippen LogP contribution in [-0.4, -0.2) is 43.9 Å². The second-order valence-corrected chi connectivity index (χ2v) is 7.10. The van der Waals surface area contributed by atoms with Gasteiger partial charge in [0.25, 0.3) is 0 Å². The Hall–Kier alpha value is -2.80. The van der Waals surface area contributed by atoms with E-state index in [4.69, 9.17) is 0 Å². The van der Waals surface area contributed by atoms with Crippen LogP contribution in [0.1, 0.15) is 29.8 Å². The predicted octanol–water partition coefficient (Wildman–Crippen LogP) is 2.43. The minimum atomic E-state index is 0.530. The highest BCUT2D eigenvalue weighted by molar-refractivity contribution is 5.34. The average molecular weight is 363 g/mol. The molecular formula is C20H25N7. The molecule has 1 aromatic carbocycles. The van der Waals surface area contributed by atoms with E-state index >= 15 is 0 Å². The molecule has 3 heterocycles. The van der Waals surface area contributed by atoms with Crippen molar-refractivity contribution in [3.8, 4) is 5.69 Å². The summed E-state index contributed by atoms with van der Waals surface area (Å²) in [5.41, 5.74) is 4.37. The first-order chi connectivity index (χ1) is 13.2. The normalized spacial score (nSPS) is 15.3. The van der Waals surface area contributed by atoms with E-state index in [9.17, 15) is 0 Å². The standard InChI is InChI=1S/C20H25N7/c1-15-11-16(2)25-20(24-15)26-9-7-18(8-10-26)22-12-17-3-5-19(6-4-17)27-14-21-13-23-27/h3-6,11,13-14,18,22H,7-10,12H2,1-2H3. The maximum absolute atomic E-state index is 4.59. The van der Waals surface area contributed by atoms with Crippen LogP contribution in [0.15, 0.2) is 43.0 Å². The van der Waals surface area contributed by atoms with Crippen molar-refractivity contribution in [2.75, 3.05) is 18.0 Å². The van der Waals surface area contributed by atoms with Crippen LogP contribution < -0.4 is 10.2 Å². The van der Waals surface area contributed by atoms with Crippen LogP contribution in [0.3, 0.4) is 0 Å². The van der Waals surface area contributed by atoms with Gasteiger partial charge in [0.1, 0.15) is 12.7 Å². The van der Waals surface area contributed by atoms with Crippen molar-refractivity contribution in [3.63, 3.8) is 0 Å². The van der Waals surface area contributed by atoms with Gasteiger partial charge in [-0.1, -0.05) is 12.1 Å². The molecule has 1 aliphatic rings. The fourth-order valence-corrected chi connectivity index (χ4v) is 3.50. The molecule has 3 aromatic rings. The molecule has 0 amide bonds. The molecular weight excluding hydrogens is 338 g/mol. The first kappa shape index (κ1) is 17.6. The maximum atomic E-state index is 4.59. The Morgan fingerprint density at radius 3 is 2.37 bits per heavy atom. The molecule has 0 radical (unpaired) electrons. The van der Waals surface area contributed by atoms with E-state index in [1.807, 2.05) is 19.9 Å².